The van der Waals surface area contributed by atoms with E-state index in [2.05, 4.69) is 13.8 Å². The van der Waals surface area contributed by atoms with Gasteiger partial charge in [-0.25, -0.2) is 0 Å². The van der Waals surface area contributed by atoms with Gasteiger partial charge in [0.2, 0.25) is 0 Å². The van der Waals surface area contributed by atoms with Crippen LogP contribution in [0.15, 0.2) is 0 Å². The molecule has 0 aromatic heterocycles. The lowest BCUT2D eigenvalue weighted by atomic mass is 9.86. The van der Waals surface area contributed by atoms with Crippen molar-refractivity contribution in [2.45, 2.75) is 45.6 Å². The van der Waals surface area contributed by atoms with Crippen LogP contribution in [-0.2, 0) is 4.74 Å². The second kappa shape index (κ2) is 5.61. The predicted octanol–water partition coefficient (Wildman–Crippen LogP) is 2.18. The van der Waals surface area contributed by atoms with E-state index in [9.17, 15) is 0 Å². The molecular weight excluding hydrogens is 162 g/mol. The molecule has 1 saturated heterocycles. The Morgan fingerprint density at radius 3 is 2.54 bits per heavy atom. The number of hydrogen-bond donors (Lipinski definition) is 1. The smallest absolute Gasteiger partial charge is 0.0469 e. The van der Waals surface area contributed by atoms with Gasteiger partial charge in [0.1, 0.15) is 0 Å². The highest BCUT2D eigenvalue weighted by Crippen LogP contribution is 2.22. The Balaban J connectivity index is 2.24. The molecule has 2 heteroatoms. The van der Waals surface area contributed by atoms with Gasteiger partial charge in [-0.1, -0.05) is 20.3 Å². The lowest BCUT2D eigenvalue weighted by molar-refractivity contribution is 0.0558. The van der Waals surface area contributed by atoms with Gasteiger partial charge in [-0.2, -0.15) is 0 Å². The van der Waals surface area contributed by atoms with Gasteiger partial charge in [0.15, 0.2) is 0 Å². The number of nitrogens with two attached hydrogens (primary N) is 1. The fourth-order valence-corrected chi connectivity index (χ4v) is 1.97. The van der Waals surface area contributed by atoms with E-state index < -0.39 is 0 Å². The van der Waals surface area contributed by atoms with E-state index in [0.717, 1.165) is 32.0 Å². The summed E-state index contributed by atoms with van der Waals surface area (Å²) in [6.45, 7) is 6.36. The molecule has 0 bridgehead atoms. The number of hydrogen-bond acceptors (Lipinski definition) is 2. The van der Waals surface area contributed by atoms with Crippen molar-refractivity contribution in [3.8, 4) is 0 Å². The Hall–Kier alpha value is -0.0800. The molecule has 0 spiro atoms. The first kappa shape index (κ1) is 11.0. The molecule has 1 rings (SSSR count). The fourth-order valence-electron chi connectivity index (χ4n) is 1.97. The largest absolute Gasteiger partial charge is 0.381 e. The van der Waals surface area contributed by atoms with Crippen LogP contribution in [0.4, 0.5) is 0 Å². The van der Waals surface area contributed by atoms with Gasteiger partial charge >= 0.3 is 0 Å². The Bertz CT molecular complexity index is 132. The average Bonchev–Trinajstić information content (AvgIpc) is 2.19. The van der Waals surface area contributed by atoms with Crippen LogP contribution in [0.2, 0.25) is 0 Å². The van der Waals surface area contributed by atoms with E-state index in [-0.39, 0.29) is 0 Å². The molecule has 0 saturated carbocycles. The first-order valence-corrected chi connectivity index (χ1v) is 5.57. The maximum Gasteiger partial charge on any atom is 0.0469 e. The van der Waals surface area contributed by atoms with Gasteiger partial charge in [0, 0.05) is 19.3 Å². The van der Waals surface area contributed by atoms with E-state index in [1.165, 1.54) is 12.8 Å². The summed E-state index contributed by atoms with van der Waals surface area (Å²) in [7, 11) is 0. The van der Waals surface area contributed by atoms with Crippen LogP contribution >= 0.6 is 0 Å². The Labute approximate surface area is 81.8 Å². The number of rotatable bonds is 4. The van der Waals surface area contributed by atoms with Gasteiger partial charge < -0.3 is 10.5 Å². The van der Waals surface area contributed by atoms with Gasteiger partial charge in [0.25, 0.3) is 0 Å². The molecule has 2 unspecified atom stereocenters. The van der Waals surface area contributed by atoms with E-state index in [0.29, 0.717) is 12.0 Å². The standard InChI is InChI=1S/C11H23NO/c1-3-9(2)8-11(12)10-4-6-13-7-5-10/h9-11H,3-8,12H2,1-2H3. The summed E-state index contributed by atoms with van der Waals surface area (Å²) in [5.74, 6) is 1.49. The third-order valence-corrected chi connectivity index (χ3v) is 3.24. The molecule has 13 heavy (non-hydrogen) atoms. The summed E-state index contributed by atoms with van der Waals surface area (Å²) in [4.78, 5) is 0. The van der Waals surface area contributed by atoms with Crippen molar-refractivity contribution in [1.82, 2.24) is 0 Å². The molecule has 2 N–H and O–H groups in total. The second-order valence-corrected chi connectivity index (χ2v) is 4.36. The molecule has 0 aliphatic carbocycles. The summed E-state index contributed by atoms with van der Waals surface area (Å²) in [6, 6.07) is 0.402. The van der Waals surface area contributed by atoms with E-state index >= 15 is 0 Å². The minimum absolute atomic E-state index is 0.402. The van der Waals surface area contributed by atoms with Gasteiger partial charge in [-0.15, -0.1) is 0 Å². The normalized spacial score (nSPS) is 24.2. The fraction of sp³-hybridized carbons (Fsp3) is 1.00. The van der Waals surface area contributed by atoms with Crippen molar-refractivity contribution in [2.24, 2.45) is 17.6 Å². The molecule has 0 aromatic rings. The third-order valence-electron chi connectivity index (χ3n) is 3.24. The Morgan fingerprint density at radius 2 is 2.00 bits per heavy atom. The monoisotopic (exact) mass is 185 g/mol. The van der Waals surface area contributed by atoms with E-state index in [1.807, 2.05) is 0 Å². The SMILES string of the molecule is CCC(C)CC(N)C1CCOCC1. The maximum atomic E-state index is 6.17. The van der Waals surface area contributed by atoms with Crippen molar-refractivity contribution < 1.29 is 4.74 Å². The quantitative estimate of drug-likeness (QED) is 0.728. The lowest BCUT2D eigenvalue weighted by Crippen LogP contribution is -2.35. The third kappa shape index (κ3) is 3.65. The van der Waals surface area contributed by atoms with Crippen LogP contribution in [0.1, 0.15) is 39.5 Å². The van der Waals surface area contributed by atoms with Gasteiger partial charge in [-0.05, 0) is 31.1 Å². The number of ether oxygens (including phenoxy) is 1. The summed E-state index contributed by atoms with van der Waals surface area (Å²) in [5.41, 5.74) is 6.17. The first-order valence-electron chi connectivity index (χ1n) is 5.57. The lowest BCUT2D eigenvalue weighted by Gasteiger charge is -2.29. The van der Waals surface area contributed by atoms with Crippen LogP contribution in [0.25, 0.3) is 0 Å². The predicted molar refractivity (Wildman–Crippen MR) is 55.6 cm³/mol. The summed E-state index contributed by atoms with van der Waals surface area (Å²) >= 11 is 0. The molecule has 1 heterocycles. The summed E-state index contributed by atoms with van der Waals surface area (Å²) in [5, 5.41) is 0. The molecule has 0 radical (unpaired) electrons. The second-order valence-electron chi connectivity index (χ2n) is 4.36. The van der Waals surface area contributed by atoms with Crippen molar-refractivity contribution in [3.63, 3.8) is 0 Å². The van der Waals surface area contributed by atoms with Crippen LogP contribution in [-0.4, -0.2) is 19.3 Å². The highest BCUT2D eigenvalue weighted by molar-refractivity contribution is 4.76. The minimum Gasteiger partial charge on any atom is -0.381 e. The zero-order valence-corrected chi connectivity index (χ0v) is 8.96. The zero-order valence-electron chi connectivity index (χ0n) is 8.96. The van der Waals surface area contributed by atoms with Crippen LogP contribution in [0.5, 0.6) is 0 Å². The maximum absolute atomic E-state index is 6.17. The minimum atomic E-state index is 0.402. The molecule has 0 aromatic carbocycles. The Kier molecular flexibility index (Phi) is 4.74. The Morgan fingerprint density at radius 1 is 1.38 bits per heavy atom. The highest BCUT2D eigenvalue weighted by atomic mass is 16.5. The van der Waals surface area contributed by atoms with Crippen molar-refractivity contribution >= 4 is 0 Å². The molecule has 2 nitrogen and oxygen atoms in total. The zero-order chi connectivity index (χ0) is 9.68. The van der Waals surface area contributed by atoms with Crippen molar-refractivity contribution in [1.29, 1.82) is 0 Å². The van der Waals surface area contributed by atoms with Crippen LogP contribution in [0.3, 0.4) is 0 Å². The topological polar surface area (TPSA) is 35.2 Å². The van der Waals surface area contributed by atoms with E-state index in [1.54, 1.807) is 0 Å². The van der Waals surface area contributed by atoms with Crippen LogP contribution in [0, 0.1) is 11.8 Å². The van der Waals surface area contributed by atoms with Gasteiger partial charge in [0.05, 0.1) is 0 Å². The molecule has 0 amide bonds. The molecule has 2 atom stereocenters. The molecule has 1 fully saturated rings. The van der Waals surface area contributed by atoms with Crippen LogP contribution < -0.4 is 5.73 Å². The first-order chi connectivity index (χ1) is 6.24. The molecule has 1 aliphatic rings. The summed E-state index contributed by atoms with van der Waals surface area (Å²) in [6.07, 6.45) is 4.76. The van der Waals surface area contributed by atoms with E-state index in [4.69, 9.17) is 10.5 Å². The van der Waals surface area contributed by atoms with Gasteiger partial charge in [-0.3, -0.25) is 0 Å². The average molecular weight is 185 g/mol. The molecule has 78 valence electrons. The van der Waals surface area contributed by atoms with Crippen molar-refractivity contribution in [3.05, 3.63) is 0 Å². The van der Waals surface area contributed by atoms with Crippen molar-refractivity contribution in [2.75, 3.05) is 13.2 Å². The molecular formula is C11H23NO. The summed E-state index contributed by atoms with van der Waals surface area (Å²) < 4.78 is 5.33. The molecule has 1 aliphatic heterocycles. The highest BCUT2D eigenvalue weighted by Gasteiger charge is 2.21.